The van der Waals surface area contributed by atoms with Crippen molar-refractivity contribution in [1.82, 2.24) is 20.4 Å². The number of hydrogen-bond donors (Lipinski definition) is 5. The van der Waals surface area contributed by atoms with Crippen molar-refractivity contribution in [1.29, 1.82) is 0 Å². The van der Waals surface area contributed by atoms with Gasteiger partial charge in [-0.05, 0) is 185 Å². The monoisotopic (exact) mass is 1400 g/mol. The Morgan fingerprint density at radius 3 is 1.58 bits per heavy atom. The molecule has 0 saturated carbocycles. The van der Waals surface area contributed by atoms with E-state index in [1.165, 1.54) is 116 Å². The number of ketones is 1. The highest BCUT2D eigenvalue weighted by Gasteiger charge is 2.31. The maximum atomic E-state index is 11.6. The number of nitrogens with zero attached hydrogens (tertiary/aromatic N) is 4. The van der Waals surface area contributed by atoms with E-state index in [0.29, 0.717) is 56.4 Å². The quantitative estimate of drug-likeness (QED) is 0.0261. The van der Waals surface area contributed by atoms with Gasteiger partial charge in [0.15, 0.2) is 0 Å². The van der Waals surface area contributed by atoms with E-state index < -0.39 is 21.1 Å². The van der Waals surface area contributed by atoms with Gasteiger partial charge in [0.1, 0.15) is 16.8 Å². The van der Waals surface area contributed by atoms with Gasteiger partial charge in [-0.15, -0.1) is 0 Å². The molecule has 0 aliphatic carbocycles. The average molecular weight is 1410 g/mol. The molecule has 7 atom stereocenters. The molecule has 7 aliphatic rings. The zero-order valence-electron chi connectivity index (χ0n) is 60.6. The second-order valence-corrected chi connectivity index (χ2v) is 28.3. The van der Waals surface area contributed by atoms with E-state index in [9.17, 15) is 28.4 Å². The second kappa shape index (κ2) is 42.0. The number of fused-ring (bicyclic) bond motifs is 5. The van der Waals surface area contributed by atoms with Crippen LogP contribution < -0.4 is 22.1 Å². The molecule has 2 saturated heterocycles. The van der Waals surface area contributed by atoms with Crippen LogP contribution in [0.3, 0.4) is 0 Å². The number of carbonyl (C=O) groups is 1. The average Bonchev–Trinajstić information content (AvgIpc) is 1.16. The highest BCUT2D eigenvalue weighted by atomic mass is 32.2. The van der Waals surface area contributed by atoms with Crippen molar-refractivity contribution in [2.45, 2.75) is 147 Å². The van der Waals surface area contributed by atoms with Crippen molar-refractivity contribution in [2.75, 3.05) is 78.7 Å². The molecule has 2 fully saturated rings. The van der Waals surface area contributed by atoms with Crippen molar-refractivity contribution in [2.24, 2.45) is 16.5 Å². The number of carbonyl (C=O) groups excluding carboxylic acids is 1. The predicted octanol–water partition coefficient (Wildman–Crippen LogP) is 13.3. The van der Waals surface area contributed by atoms with Gasteiger partial charge in [0.05, 0.1) is 37.0 Å². The first-order valence-corrected chi connectivity index (χ1v) is 37.7. The van der Waals surface area contributed by atoms with Crippen LogP contribution in [0.1, 0.15) is 145 Å². The summed E-state index contributed by atoms with van der Waals surface area (Å²) >= 11 is 0. The van der Waals surface area contributed by atoms with E-state index in [1.807, 2.05) is 36.4 Å². The molecule has 0 radical (unpaired) electrons. The molecule has 0 amide bonds. The minimum Gasteiger partial charge on any atom is -0.390 e. The van der Waals surface area contributed by atoms with Gasteiger partial charge in [0.2, 0.25) is 0 Å². The fourth-order valence-electron chi connectivity index (χ4n) is 13.0. The van der Waals surface area contributed by atoms with E-state index in [0.717, 1.165) is 84.0 Å². The summed E-state index contributed by atoms with van der Waals surface area (Å²) in [6, 6.07) is 70.5. The third kappa shape index (κ3) is 26.4. The lowest BCUT2D eigenvalue weighted by molar-refractivity contribution is -0.385. The molecule has 8 aromatic rings. The van der Waals surface area contributed by atoms with Gasteiger partial charge in [0.25, 0.3) is 15.8 Å². The first kappa shape index (κ1) is 79.7. The Morgan fingerprint density at radius 1 is 0.618 bits per heavy atom. The third-order valence-electron chi connectivity index (χ3n) is 19.1. The SMILES string of the molecule is CC(=O)CCCc1ccccc1.CC1=NCCc2ccccc21.CC1NCCc2ccccc21.CC1NCCc2ccccc21.CC1c2ccccc2CCN1C[C@@H](O)CN.CC1c2ccccc2CCN1C[C@@H]1CO1.NCCc1ccccc1.O=[N+]([O-])c1cccc(S(=O)(=O)OC[C@@H]2CO2)c1. The molecule has 4 unspecified atom stereocenters. The number of aryl methyl sites for hydroxylation is 1. The number of benzene rings is 8. The van der Waals surface area contributed by atoms with Crippen LogP contribution >= 0.6 is 0 Å². The van der Waals surface area contributed by atoms with E-state index in [4.69, 9.17) is 25.1 Å². The van der Waals surface area contributed by atoms with Gasteiger partial charge in [-0.3, -0.25) is 29.1 Å². The molecule has 18 heteroatoms. The van der Waals surface area contributed by atoms with Crippen LogP contribution in [0, 0.1) is 10.1 Å². The van der Waals surface area contributed by atoms with Crippen LogP contribution in [0.2, 0.25) is 0 Å². The maximum absolute atomic E-state index is 11.6. The largest absolute Gasteiger partial charge is 0.390 e. The summed E-state index contributed by atoms with van der Waals surface area (Å²) in [6.07, 6.45) is 9.31. The van der Waals surface area contributed by atoms with Gasteiger partial charge in [-0.25, -0.2) is 0 Å². The number of nitrogens with one attached hydrogen (secondary N) is 2. The highest BCUT2D eigenvalue weighted by Crippen LogP contribution is 2.32. The van der Waals surface area contributed by atoms with Crippen molar-refractivity contribution < 1.29 is 36.9 Å². The topological polar surface area (TPSA) is 244 Å². The Hall–Kier alpha value is -7.95. The number of ether oxygens (including phenoxy) is 2. The smallest absolute Gasteiger partial charge is 0.297 e. The first-order valence-electron chi connectivity index (χ1n) is 36.3. The second-order valence-electron chi connectivity index (χ2n) is 26.7. The van der Waals surface area contributed by atoms with E-state index >= 15 is 0 Å². The van der Waals surface area contributed by atoms with Crippen LogP contribution in [0.25, 0.3) is 0 Å². The zero-order chi connectivity index (χ0) is 72.6. The number of aliphatic imine (C=N–C) groups is 1. The summed E-state index contributed by atoms with van der Waals surface area (Å²) in [5.41, 5.74) is 28.9. The van der Waals surface area contributed by atoms with Crippen molar-refractivity contribution in [3.8, 4) is 0 Å². The molecular formula is C84H108N8O9S. The number of aliphatic hydroxyl groups excluding tert-OH is 1. The number of aliphatic hydroxyl groups is 1. The lowest BCUT2D eigenvalue weighted by Crippen LogP contribution is -2.41. The Labute approximate surface area is 606 Å². The Kier molecular flexibility index (Phi) is 32.8. The molecule has 0 spiro atoms. The normalized spacial score (nSPS) is 19.7. The van der Waals surface area contributed by atoms with Gasteiger partial charge in [-0.2, -0.15) is 8.42 Å². The predicted molar refractivity (Wildman–Crippen MR) is 411 cm³/mol. The number of nitrogens with two attached hydrogens (primary N) is 2. The number of hydrogen-bond acceptors (Lipinski definition) is 16. The lowest BCUT2D eigenvalue weighted by atomic mass is 9.93. The maximum Gasteiger partial charge on any atom is 0.297 e. The van der Waals surface area contributed by atoms with Crippen molar-refractivity contribution in [3.05, 3.63) is 283 Å². The molecule has 15 rings (SSSR count). The number of nitro benzene ring substituents is 1. The number of β-amino-alcohol motifs (C(OH)–C–C–N with tert-alkyl or cyclic N) is 1. The summed E-state index contributed by atoms with van der Waals surface area (Å²) in [5, 5.41) is 27.0. The number of rotatable bonds is 16. The van der Waals surface area contributed by atoms with Crippen LogP contribution in [0.4, 0.5) is 5.69 Å². The first-order chi connectivity index (χ1) is 49.4. The summed E-state index contributed by atoms with van der Waals surface area (Å²) in [5.74, 6) is 0.283. The third-order valence-corrected chi connectivity index (χ3v) is 20.4. The Morgan fingerprint density at radius 2 is 1.09 bits per heavy atom. The van der Waals surface area contributed by atoms with Crippen molar-refractivity contribution in [3.63, 3.8) is 0 Å². The number of nitro groups is 1. The fraction of sp³-hybridized carbons (Fsp3) is 0.405. The number of epoxide rings is 2. The Balaban J connectivity index is 0.000000149. The van der Waals surface area contributed by atoms with Crippen molar-refractivity contribution >= 4 is 27.3 Å². The Bertz CT molecular complexity index is 3930. The molecule has 102 heavy (non-hydrogen) atoms. The van der Waals surface area contributed by atoms with Crippen LogP contribution in [0.15, 0.2) is 216 Å². The van der Waals surface area contributed by atoms with Crippen LogP contribution in [-0.2, 0) is 73.5 Å². The summed E-state index contributed by atoms with van der Waals surface area (Å²) in [4.78, 5) is 29.5. The van der Waals surface area contributed by atoms with Crippen LogP contribution in [0.5, 0.6) is 0 Å². The van der Waals surface area contributed by atoms with Gasteiger partial charge >= 0.3 is 0 Å². The summed E-state index contributed by atoms with van der Waals surface area (Å²) < 4.78 is 38.1. The summed E-state index contributed by atoms with van der Waals surface area (Å²) in [7, 11) is -3.96. The minimum absolute atomic E-state index is 0.0645. The molecular weight excluding hydrogens is 1300 g/mol. The molecule has 7 N–H and O–H groups in total. The fourth-order valence-corrected chi connectivity index (χ4v) is 14.0. The molecule has 0 bridgehead atoms. The molecule has 544 valence electrons. The molecule has 0 aromatic heterocycles. The molecule has 7 aliphatic heterocycles. The van der Waals surface area contributed by atoms with Gasteiger partial charge in [0, 0.05) is 87.7 Å². The molecule has 8 aromatic carbocycles. The summed E-state index contributed by atoms with van der Waals surface area (Å²) in [6.45, 7) is 22.3. The van der Waals surface area contributed by atoms with Gasteiger partial charge < -0.3 is 41.5 Å². The van der Waals surface area contributed by atoms with E-state index in [2.05, 4.69) is 206 Å². The van der Waals surface area contributed by atoms with Gasteiger partial charge in [-0.1, -0.05) is 188 Å². The lowest BCUT2D eigenvalue weighted by Gasteiger charge is -2.36. The van der Waals surface area contributed by atoms with E-state index in [1.54, 1.807) is 6.92 Å². The van der Waals surface area contributed by atoms with Crippen LogP contribution in [-0.4, -0.2) is 137 Å². The standard InChI is InChI=1S/C13H20N2O.C13H17NO.C11H14O.2C10H13N.C10H11N.C9H9NO6S.C8H11N/c1-10-13-5-3-2-4-11(13)6-7-15(10)9-12(16)8-14;1-10-13-5-3-2-4-11(13)6-7-14(10)8-12-9-15-12;1-10(12)6-5-9-11-7-3-2-4-8-11;3*1-8-10-5-3-2-4-9(10)6-7-11-8;11-10(12)7-2-1-3-9(4-7)17(13,14)16-6-8-5-15-8;9-7-6-8-4-2-1-3-5-8/h2-5,10,12,16H,6-9,14H2,1H3;2-5,10,12H,6-9H2,1H3;2-4,7-8H,5-6,9H2,1H3;2*2-5,8,11H,6-7H2,1H3;2-5H,6-7H2,1H3;1-4,8H,5-6H2;1-5H,6-7,9H2/t2*10?,12-;;;;;8-;/m01....0./s1. The minimum atomic E-state index is -3.96. The number of Topliss-reactive ketones (excluding diaryl/α,β-unsaturated/α-hetero) is 1. The molecule has 17 nitrogen and oxygen atoms in total. The highest BCUT2D eigenvalue weighted by molar-refractivity contribution is 7.86. The number of non-ortho nitro benzene ring substituents is 1. The molecule has 7 heterocycles. The van der Waals surface area contributed by atoms with E-state index in [-0.39, 0.29) is 29.1 Å². The zero-order valence-corrected chi connectivity index (χ0v) is 61.4.